The van der Waals surface area contributed by atoms with Crippen LogP contribution in [0.4, 0.5) is 4.39 Å². The van der Waals surface area contributed by atoms with Crippen molar-refractivity contribution in [1.82, 2.24) is 10.2 Å². The van der Waals surface area contributed by atoms with Gasteiger partial charge in [-0.15, -0.1) is 0 Å². The summed E-state index contributed by atoms with van der Waals surface area (Å²) in [7, 11) is 0. The largest absolute Gasteiger partial charge is 0.491 e. The minimum absolute atomic E-state index is 0.0213. The number of carbonyl (C=O) groups excluding carboxylic acids is 1. The van der Waals surface area contributed by atoms with Gasteiger partial charge in [0.05, 0.1) is 0 Å². The fourth-order valence-electron chi connectivity index (χ4n) is 2.70. The molecule has 0 aromatic heterocycles. The molecule has 0 bridgehead atoms. The zero-order valence-corrected chi connectivity index (χ0v) is 12.8. The van der Waals surface area contributed by atoms with Gasteiger partial charge in [-0.2, -0.15) is 0 Å². The average Bonchev–Trinajstić information content (AvgIpc) is 2.46. The third kappa shape index (κ3) is 5.61. The fraction of sp³-hybridized carbons (Fsp3) is 0.562. The molecule has 1 aromatic carbocycles. The number of nitrogens with one attached hydrogen (secondary N) is 1. The molecule has 0 radical (unpaired) electrons. The van der Waals surface area contributed by atoms with E-state index in [2.05, 4.69) is 10.2 Å². The highest BCUT2D eigenvalue weighted by atomic mass is 19.1. The number of piperidine rings is 1. The van der Waals surface area contributed by atoms with Gasteiger partial charge in [-0.3, -0.25) is 9.69 Å². The first-order valence-electron chi connectivity index (χ1n) is 7.59. The van der Waals surface area contributed by atoms with Crippen molar-refractivity contribution in [3.05, 3.63) is 30.1 Å². The van der Waals surface area contributed by atoms with Gasteiger partial charge < -0.3 is 15.2 Å². The van der Waals surface area contributed by atoms with Crippen molar-refractivity contribution in [3.8, 4) is 5.75 Å². The van der Waals surface area contributed by atoms with Gasteiger partial charge in [0.15, 0.2) is 0 Å². The van der Waals surface area contributed by atoms with E-state index in [1.165, 1.54) is 31.2 Å². The van der Waals surface area contributed by atoms with Crippen LogP contribution in [-0.2, 0) is 4.79 Å². The van der Waals surface area contributed by atoms with Crippen LogP contribution in [0.2, 0.25) is 0 Å². The third-order valence-electron chi connectivity index (χ3n) is 3.64. The Morgan fingerprint density at radius 3 is 2.91 bits per heavy atom. The van der Waals surface area contributed by atoms with E-state index < -0.39 is 6.10 Å². The molecule has 1 aromatic rings. The van der Waals surface area contributed by atoms with E-state index in [9.17, 15) is 14.3 Å². The van der Waals surface area contributed by atoms with Crippen LogP contribution in [0.1, 0.15) is 19.8 Å². The number of aliphatic hydroxyl groups is 1. The fourth-order valence-corrected chi connectivity index (χ4v) is 2.70. The summed E-state index contributed by atoms with van der Waals surface area (Å²) in [4.78, 5) is 13.2. The highest BCUT2D eigenvalue weighted by molar-refractivity contribution is 5.73. The van der Waals surface area contributed by atoms with Crippen molar-refractivity contribution in [2.75, 3.05) is 26.2 Å². The number of halogens is 1. The van der Waals surface area contributed by atoms with Crippen LogP contribution in [0, 0.1) is 5.82 Å². The van der Waals surface area contributed by atoms with E-state index in [1.54, 1.807) is 0 Å². The van der Waals surface area contributed by atoms with E-state index >= 15 is 0 Å². The Hall–Kier alpha value is -1.66. The van der Waals surface area contributed by atoms with Gasteiger partial charge >= 0.3 is 0 Å². The molecule has 1 fully saturated rings. The predicted octanol–water partition coefficient (Wildman–Crippen LogP) is 1.17. The van der Waals surface area contributed by atoms with Gasteiger partial charge in [0.1, 0.15) is 24.3 Å². The van der Waals surface area contributed by atoms with Crippen molar-refractivity contribution >= 4 is 5.91 Å². The maximum absolute atomic E-state index is 12.8. The Morgan fingerprint density at radius 1 is 1.50 bits per heavy atom. The number of carbonyl (C=O) groups is 1. The van der Waals surface area contributed by atoms with E-state index in [-0.39, 0.29) is 24.4 Å². The molecule has 122 valence electrons. The minimum atomic E-state index is -0.624. The number of amides is 1. The molecule has 2 rings (SSSR count). The first-order chi connectivity index (χ1) is 10.5. The zero-order chi connectivity index (χ0) is 15.9. The Kier molecular flexibility index (Phi) is 6.15. The van der Waals surface area contributed by atoms with Gasteiger partial charge in [-0.1, -0.05) is 0 Å². The van der Waals surface area contributed by atoms with Crippen LogP contribution < -0.4 is 10.1 Å². The Bertz CT molecular complexity index is 481. The van der Waals surface area contributed by atoms with Crippen LogP contribution in [0.3, 0.4) is 0 Å². The average molecular weight is 310 g/mol. The predicted molar refractivity (Wildman–Crippen MR) is 81.2 cm³/mol. The molecule has 1 heterocycles. The van der Waals surface area contributed by atoms with E-state index in [0.29, 0.717) is 12.3 Å². The highest BCUT2D eigenvalue weighted by Crippen LogP contribution is 2.13. The first kappa shape index (κ1) is 16.7. The summed E-state index contributed by atoms with van der Waals surface area (Å²) in [5.41, 5.74) is 0. The molecule has 1 aliphatic heterocycles. The maximum Gasteiger partial charge on any atom is 0.217 e. The Labute approximate surface area is 130 Å². The SMILES string of the molecule is CC(=O)NC1CCCN(CC(O)COc2ccc(F)cc2)C1. The minimum Gasteiger partial charge on any atom is -0.491 e. The lowest BCUT2D eigenvalue weighted by molar-refractivity contribution is -0.120. The van der Waals surface area contributed by atoms with Crippen molar-refractivity contribution in [1.29, 1.82) is 0 Å². The molecular formula is C16H23FN2O3. The van der Waals surface area contributed by atoms with Gasteiger partial charge in [-0.05, 0) is 43.7 Å². The number of hydrogen-bond acceptors (Lipinski definition) is 4. The quantitative estimate of drug-likeness (QED) is 0.828. The standard InChI is InChI=1S/C16H23FN2O3/c1-12(20)18-14-3-2-8-19(9-14)10-15(21)11-22-16-6-4-13(17)5-7-16/h4-7,14-15,21H,2-3,8-11H2,1H3,(H,18,20). The molecule has 1 saturated heterocycles. The summed E-state index contributed by atoms with van der Waals surface area (Å²) >= 11 is 0. The van der Waals surface area contributed by atoms with Gasteiger partial charge in [-0.25, -0.2) is 4.39 Å². The van der Waals surface area contributed by atoms with Crippen molar-refractivity contribution in [3.63, 3.8) is 0 Å². The molecule has 22 heavy (non-hydrogen) atoms. The number of likely N-dealkylation sites (tertiary alicyclic amines) is 1. The first-order valence-corrected chi connectivity index (χ1v) is 7.59. The van der Waals surface area contributed by atoms with Crippen LogP contribution in [0.5, 0.6) is 5.75 Å². The summed E-state index contributed by atoms with van der Waals surface area (Å²) in [5, 5.41) is 13.0. The molecule has 1 aliphatic rings. The normalized spacial score (nSPS) is 20.4. The van der Waals surface area contributed by atoms with Gasteiger partial charge in [0.25, 0.3) is 0 Å². The molecule has 0 spiro atoms. The number of ether oxygens (including phenoxy) is 1. The molecule has 2 N–H and O–H groups in total. The summed E-state index contributed by atoms with van der Waals surface area (Å²) in [5.74, 6) is 0.201. The summed E-state index contributed by atoms with van der Waals surface area (Å²) in [6, 6.07) is 5.87. The number of nitrogens with zero attached hydrogens (tertiary/aromatic N) is 1. The molecule has 2 atom stereocenters. The smallest absolute Gasteiger partial charge is 0.217 e. The third-order valence-corrected chi connectivity index (χ3v) is 3.64. The van der Waals surface area contributed by atoms with E-state index in [1.807, 2.05) is 0 Å². The van der Waals surface area contributed by atoms with Gasteiger partial charge in [0.2, 0.25) is 5.91 Å². The molecule has 2 unspecified atom stereocenters. The number of rotatable bonds is 6. The molecule has 1 amide bonds. The Morgan fingerprint density at radius 2 is 2.23 bits per heavy atom. The van der Waals surface area contributed by atoms with E-state index in [0.717, 1.165) is 25.9 Å². The molecule has 0 aliphatic carbocycles. The van der Waals surface area contributed by atoms with E-state index in [4.69, 9.17) is 4.74 Å². The lowest BCUT2D eigenvalue weighted by Gasteiger charge is -2.34. The van der Waals surface area contributed by atoms with Crippen LogP contribution in [0.25, 0.3) is 0 Å². The lowest BCUT2D eigenvalue weighted by atomic mass is 10.1. The highest BCUT2D eigenvalue weighted by Gasteiger charge is 2.22. The van der Waals surface area contributed by atoms with Crippen molar-refractivity contribution in [2.24, 2.45) is 0 Å². The second-order valence-electron chi connectivity index (χ2n) is 5.72. The van der Waals surface area contributed by atoms with Crippen molar-refractivity contribution < 1.29 is 19.0 Å². The van der Waals surface area contributed by atoms with Crippen LogP contribution >= 0.6 is 0 Å². The second kappa shape index (κ2) is 8.10. The number of benzene rings is 1. The summed E-state index contributed by atoms with van der Waals surface area (Å²) in [6.45, 7) is 3.82. The molecular weight excluding hydrogens is 287 g/mol. The number of aliphatic hydroxyl groups excluding tert-OH is 1. The number of hydrogen-bond donors (Lipinski definition) is 2. The lowest BCUT2D eigenvalue weighted by Crippen LogP contribution is -2.49. The van der Waals surface area contributed by atoms with Crippen LogP contribution in [-0.4, -0.2) is 54.3 Å². The summed E-state index contributed by atoms with van der Waals surface area (Å²) < 4.78 is 18.2. The monoisotopic (exact) mass is 310 g/mol. The zero-order valence-electron chi connectivity index (χ0n) is 12.8. The van der Waals surface area contributed by atoms with Gasteiger partial charge in [0, 0.05) is 26.1 Å². The second-order valence-corrected chi connectivity index (χ2v) is 5.72. The van der Waals surface area contributed by atoms with Crippen LogP contribution in [0.15, 0.2) is 24.3 Å². The maximum atomic E-state index is 12.8. The Balaban J connectivity index is 1.72. The summed E-state index contributed by atoms with van der Waals surface area (Å²) in [6.07, 6.45) is 1.34. The molecule has 6 heteroatoms. The van der Waals surface area contributed by atoms with Crippen molar-refractivity contribution in [2.45, 2.75) is 31.9 Å². The number of β-amino-alcohol motifs (C(OH)–C–C–N with tert-alkyl or cyclic N) is 1. The molecule has 0 saturated carbocycles. The topological polar surface area (TPSA) is 61.8 Å². The molecule has 5 nitrogen and oxygen atoms in total.